The Labute approximate surface area is 118 Å². The van der Waals surface area contributed by atoms with Crippen LogP contribution in [0.15, 0.2) is 3.79 Å². The number of aryl methyl sites for hydroxylation is 1. The normalized spacial score (nSPS) is 30.2. The van der Waals surface area contributed by atoms with Gasteiger partial charge in [0.05, 0.1) is 9.48 Å². The summed E-state index contributed by atoms with van der Waals surface area (Å²) in [6.07, 6.45) is 3.03. The van der Waals surface area contributed by atoms with Crippen molar-refractivity contribution in [2.45, 2.75) is 38.3 Å². The van der Waals surface area contributed by atoms with Gasteiger partial charge in [0.2, 0.25) is 0 Å². The van der Waals surface area contributed by atoms with Gasteiger partial charge in [-0.05, 0) is 42.1 Å². The summed E-state index contributed by atoms with van der Waals surface area (Å²) in [4.78, 5) is 18.8. The molecule has 6 heteroatoms. The van der Waals surface area contributed by atoms with E-state index in [2.05, 4.69) is 20.9 Å². The third kappa shape index (κ3) is 1.82. The SMILES string of the molecule is Cc1nc(C(=O)N2C3CCC2C(CO)C3)sc1Br. The molecule has 1 aromatic heterocycles. The van der Waals surface area contributed by atoms with Gasteiger partial charge in [0.15, 0.2) is 5.01 Å². The topological polar surface area (TPSA) is 53.4 Å². The molecule has 1 N–H and O–H groups in total. The van der Waals surface area contributed by atoms with Crippen molar-refractivity contribution in [1.29, 1.82) is 0 Å². The number of hydrogen-bond acceptors (Lipinski definition) is 4. The minimum absolute atomic E-state index is 0.0391. The van der Waals surface area contributed by atoms with Crippen molar-refractivity contribution in [2.24, 2.45) is 5.92 Å². The highest BCUT2D eigenvalue weighted by Gasteiger charge is 2.48. The van der Waals surface area contributed by atoms with E-state index in [-0.39, 0.29) is 24.5 Å². The number of rotatable bonds is 2. The van der Waals surface area contributed by atoms with E-state index in [9.17, 15) is 9.90 Å². The molecule has 3 atom stereocenters. The van der Waals surface area contributed by atoms with Crippen LogP contribution >= 0.6 is 27.3 Å². The number of amides is 1. The first-order valence-corrected chi connectivity index (χ1v) is 7.79. The Bertz CT molecular complexity index is 471. The van der Waals surface area contributed by atoms with Gasteiger partial charge in [0.1, 0.15) is 0 Å². The fraction of sp³-hybridized carbons (Fsp3) is 0.667. The lowest BCUT2D eigenvalue weighted by Crippen LogP contribution is -2.37. The molecule has 98 valence electrons. The lowest BCUT2D eigenvalue weighted by Gasteiger charge is -2.22. The van der Waals surface area contributed by atoms with Crippen LogP contribution in [0.3, 0.4) is 0 Å². The summed E-state index contributed by atoms with van der Waals surface area (Å²) in [6, 6.07) is 0.526. The van der Waals surface area contributed by atoms with Crippen molar-refractivity contribution < 1.29 is 9.90 Å². The van der Waals surface area contributed by atoms with Crippen molar-refractivity contribution in [3.63, 3.8) is 0 Å². The Morgan fingerprint density at radius 3 is 2.94 bits per heavy atom. The van der Waals surface area contributed by atoms with E-state index in [4.69, 9.17) is 0 Å². The number of aliphatic hydroxyl groups excluding tert-OH is 1. The van der Waals surface area contributed by atoms with Crippen molar-refractivity contribution in [3.8, 4) is 0 Å². The van der Waals surface area contributed by atoms with Crippen LogP contribution in [-0.2, 0) is 0 Å². The van der Waals surface area contributed by atoms with Crippen molar-refractivity contribution in [3.05, 3.63) is 14.5 Å². The molecular formula is C12H15BrN2O2S. The number of carbonyl (C=O) groups excluding carboxylic acids is 1. The van der Waals surface area contributed by atoms with Crippen LogP contribution in [0.25, 0.3) is 0 Å². The maximum absolute atomic E-state index is 12.5. The highest BCUT2D eigenvalue weighted by molar-refractivity contribution is 9.11. The number of carbonyl (C=O) groups is 1. The molecule has 3 unspecified atom stereocenters. The van der Waals surface area contributed by atoms with Crippen LogP contribution in [0, 0.1) is 12.8 Å². The number of fused-ring (bicyclic) bond motifs is 2. The molecule has 2 bridgehead atoms. The third-order valence-corrected chi connectivity index (χ3v) is 6.05. The van der Waals surface area contributed by atoms with Gasteiger partial charge in [-0.25, -0.2) is 4.98 Å². The molecule has 0 aliphatic carbocycles. The Morgan fingerprint density at radius 2 is 2.39 bits per heavy atom. The molecule has 2 fully saturated rings. The molecule has 3 heterocycles. The number of halogens is 1. The van der Waals surface area contributed by atoms with Gasteiger partial charge in [-0.1, -0.05) is 0 Å². The zero-order chi connectivity index (χ0) is 12.9. The van der Waals surface area contributed by atoms with E-state index >= 15 is 0 Å². The molecular weight excluding hydrogens is 316 g/mol. The van der Waals surface area contributed by atoms with Crippen LogP contribution < -0.4 is 0 Å². The van der Waals surface area contributed by atoms with Crippen molar-refractivity contribution >= 4 is 33.2 Å². The van der Waals surface area contributed by atoms with E-state index in [0.717, 1.165) is 28.7 Å². The molecule has 3 rings (SSSR count). The first-order valence-electron chi connectivity index (χ1n) is 6.18. The van der Waals surface area contributed by atoms with E-state index in [0.29, 0.717) is 11.0 Å². The average Bonchev–Trinajstić information content (AvgIpc) is 3.02. The molecule has 2 saturated heterocycles. The first kappa shape index (κ1) is 12.6. The predicted octanol–water partition coefficient (Wildman–Crippen LogP) is 2.20. The smallest absolute Gasteiger partial charge is 0.283 e. The van der Waals surface area contributed by atoms with E-state index in [1.54, 1.807) is 0 Å². The Kier molecular flexibility index (Phi) is 3.20. The van der Waals surface area contributed by atoms with Crippen LogP contribution in [0.4, 0.5) is 0 Å². The molecule has 0 spiro atoms. The summed E-state index contributed by atoms with van der Waals surface area (Å²) < 4.78 is 0.927. The second-order valence-corrected chi connectivity index (χ2v) is 7.38. The standard InChI is InChI=1S/C12H15BrN2O2S/c1-6-10(13)18-11(14-6)12(17)15-8-2-3-9(15)7(4-8)5-16/h7-9,16H,2-5H2,1H3. The minimum atomic E-state index is 0.0391. The van der Waals surface area contributed by atoms with E-state index in [1.165, 1.54) is 11.3 Å². The zero-order valence-electron chi connectivity index (χ0n) is 10.1. The van der Waals surface area contributed by atoms with Crippen molar-refractivity contribution in [1.82, 2.24) is 9.88 Å². The van der Waals surface area contributed by atoms with Crippen molar-refractivity contribution in [2.75, 3.05) is 6.61 Å². The molecule has 18 heavy (non-hydrogen) atoms. The van der Waals surface area contributed by atoms with Crippen LogP contribution in [0.2, 0.25) is 0 Å². The number of nitrogens with zero attached hydrogens (tertiary/aromatic N) is 2. The zero-order valence-corrected chi connectivity index (χ0v) is 12.5. The Morgan fingerprint density at radius 1 is 1.61 bits per heavy atom. The lowest BCUT2D eigenvalue weighted by molar-refractivity contribution is 0.0707. The minimum Gasteiger partial charge on any atom is -0.396 e. The van der Waals surface area contributed by atoms with Gasteiger partial charge in [0, 0.05) is 24.6 Å². The molecule has 2 aliphatic rings. The molecule has 1 aromatic rings. The second-order valence-electron chi connectivity index (χ2n) is 5.07. The molecule has 1 amide bonds. The first-order chi connectivity index (χ1) is 8.61. The van der Waals surface area contributed by atoms with Gasteiger partial charge < -0.3 is 10.0 Å². The monoisotopic (exact) mass is 330 g/mol. The average molecular weight is 331 g/mol. The molecule has 4 nitrogen and oxygen atoms in total. The summed E-state index contributed by atoms with van der Waals surface area (Å²) in [6.45, 7) is 2.08. The fourth-order valence-electron chi connectivity index (χ4n) is 3.21. The predicted molar refractivity (Wildman–Crippen MR) is 72.7 cm³/mol. The van der Waals surface area contributed by atoms with Gasteiger partial charge >= 0.3 is 0 Å². The number of hydrogen-bond donors (Lipinski definition) is 1. The summed E-state index contributed by atoms with van der Waals surface area (Å²) in [5, 5.41) is 9.91. The van der Waals surface area contributed by atoms with Gasteiger partial charge in [-0.3, -0.25) is 4.79 Å². The number of thiazole rings is 1. The summed E-state index contributed by atoms with van der Waals surface area (Å²) in [7, 11) is 0. The number of aromatic nitrogens is 1. The third-order valence-electron chi connectivity index (χ3n) is 4.06. The van der Waals surface area contributed by atoms with E-state index < -0.39 is 0 Å². The lowest BCUT2D eigenvalue weighted by atomic mass is 9.90. The molecule has 0 aromatic carbocycles. The Hall–Kier alpha value is -0.460. The van der Waals surface area contributed by atoms with Crippen LogP contribution in [0.5, 0.6) is 0 Å². The quantitative estimate of drug-likeness (QED) is 0.904. The van der Waals surface area contributed by atoms with Gasteiger partial charge in [-0.15, -0.1) is 11.3 Å². The maximum atomic E-state index is 12.5. The van der Waals surface area contributed by atoms with Gasteiger partial charge in [-0.2, -0.15) is 0 Å². The molecule has 2 aliphatic heterocycles. The maximum Gasteiger partial charge on any atom is 0.283 e. The highest BCUT2D eigenvalue weighted by atomic mass is 79.9. The summed E-state index contributed by atoms with van der Waals surface area (Å²) in [5.41, 5.74) is 0.869. The van der Waals surface area contributed by atoms with Crippen LogP contribution in [-0.4, -0.2) is 39.6 Å². The van der Waals surface area contributed by atoms with Crippen LogP contribution in [0.1, 0.15) is 34.8 Å². The summed E-state index contributed by atoms with van der Waals surface area (Å²) in [5.74, 6) is 0.300. The largest absolute Gasteiger partial charge is 0.396 e. The van der Waals surface area contributed by atoms with Gasteiger partial charge in [0.25, 0.3) is 5.91 Å². The highest BCUT2D eigenvalue weighted by Crippen LogP contribution is 2.42. The Balaban J connectivity index is 1.85. The second kappa shape index (κ2) is 4.58. The number of aliphatic hydroxyl groups is 1. The summed E-state index contributed by atoms with van der Waals surface area (Å²) >= 11 is 4.81. The molecule has 0 saturated carbocycles. The molecule has 0 radical (unpaired) electrons. The van der Waals surface area contributed by atoms with E-state index in [1.807, 2.05) is 11.8 Å². The fourth-order valence-corrected chi connectivity index (χ4v) is 4.49.